The maximum atomic E-state index is 12.4. The summed E-state index contributed by atoms with van der Waals surface area (Å²) in [5.41, 5.74) is -0.145. The Hall–Kier alpha value is -2.72. The minimum absolute atomic E-state index is 0.102. The van der Waals surface area contributed by atoms with Gasteiger partial charge in [0.2, 0.25) is 0 Å². The summed E-state index contributed by atoms with van der Waals surface area (Å²) in [4.78, 5) is 28.5. The SMILES string of the molecule is O=C(c1ccc(Br)o1)N1CCN(CCn2nc(-n3cccn3)ccc2=O)CC1. The molecule has 10 heteroatoms. The number of amides is 1. The molecule has 0 aliphatic carbocycles. The van der Waals surface area contributed by atoms with Crippen molar-refractivity contribution in [2.75, 3.05) is 32.7 Å². The quantitative estimate of drug-likeness (QED) is 0.585. The van der Waals surface area contributed by atoms with E-state index >= 15 is 0 Å². The highest BCUT2D eigenvalue weighted by Crippen LogP contribution is 2.16. The lowest BCUT2D eigenvalue weighted by atomic mass is 10.3. The van der Waals surface area contributed by atoms with Gasteiger partial charge in [-0.05, 0) is 40.2 Å². The molecule has 0 unspecified atom stereocenters. The van der Waals surface area contributed by atoms with Crippen LogP contribution in [0.5, 0.6) is 0 Å². The molecular weight excluding hydrogens is 428 g/mol. The zero-order chi connectivity index (χ0) is 19.5. The minimum atomic E-state index is -0.145. The number of piperazine rings is 1. The predicted molar refractivity (Wildman–Crippen MR) is 104 cm³/mol. The Morgan fingerprint density at radius 3 is 2.61 bits per heavy atom. The van der Waals surface area contributed by atoms with Crippen LogP contribution in [0, 0.1) is 0 Å². The minimum Gasteiger partial charge on any atom is -0.444 e. The molecule has 3 aromatic heterocycles. The lowest BCUT2D eigenvalue weighted by Crippen LogP contribution is -2.49. The van der Waals surface area contributed by atoms with Crippen molar-refractivity contribution >= 4 is 21.8 Å². The Morgan fingerprint density at radius 2 is 1.93 bits per heavy atom. The van der Waals surface area contributed by atoms with Gasteiger partial charge in [0.15, 0.2) is 16.2 Å². The van der Waals surface area contributed by atoms with E-state index in [9.17, 15) is 9.59 Å². The van der Waals surface area contributed by atoms with Crippen molar-refractivity contribution in [1.29, 1.82) is 0 Å². The molecule has 4 rings (SSSR count). The maximum Gasteiger partial charge on any atom is 0.289 e. The van der Waals surface area contributed by atoms with Crippen LogP contribution >= 0.6 is 15.9 Å². The van der Waals surface area contributed by atoms with Crippen LogP contribution < -0.4 is 5.56 Å². The normalized spacial score (nSPS) is 15.1. The highest BCUT2D eigenvalue weighted by Gasteiger charge is 2.24. The second-order valence-electron chi connectivity index (χ2n) is 6.44. The van der Waals surface area contributed by atoms with Gasteiger partial charge in [-0.2, -0.15) is 5.10 Å². The monoisotopic (exact) mass is 446 g/mol. The summed E-state index contributed by atoms with van der Waals surface area (Å²) in [6, 6.07) is 8.35. The number of hydrogen-bond acceptors (Lipinski definition) is 6. The van der Waals surface area contributed by atoms with Gasteiger partial charge in [-0.1, -0.05) is 0 Å². The second-order valence-corrected chi connectivity index (χ2v) is 7.22. The topological polar surface area (TPSA) is 89.4 Å². The first-order chi connectivity index (χ1) is 13.6. The van der Waals surface area contributed by atoms with Gasteiger partial charge < -0.3 is 9.32 Å². The summed E-state index contributed by atoms with van der Waals surface area (Å²) >= 11 is 3.22. The van der Waals surface area contributed by atoms with Crippen LogP contribution in [0.4, 0.5) is 0 Å². The number of rotatable bonds is 5. The van der Waals surface area contributed by atoms with Crippen molar-refractivity contribution in [2.24, 2.45) is 0 Å². The summed E-state index contributed by atoms with van der Waals surface area (Å²) in [5, 5.41) is 8.52. The van der Waals surface area contributed by atoms with E-state index in [1.54, 1.807) is 46.2 Å². The van der Waals surface area contributed by atoms with Crippen molar-refractivity contribution in [1.82, 2.24) is 29.4 Å². The molecule has 0 radical (unpaired) electrons. The molecule has 0 N–H and O–H groups in total. The largest absolute Gasteiger partial charge is 0.444 e. The van der Waals surface area contributed by atoms with Gasteiger partial charge in [-0.25, -0.2) is 9.36 Å². The maximum absolute atomic E-state index is 12.4. The molecule has 0 bridgehead atoms. The van der Waals surface area contributed by atoms with Crippen molar-refractivity contribution in [3.63, 3.8) is 0 Å². The Balaban J connectivity index is 1.33. The Bertz CT molecular complexity index is 1000. The molecule has 0 saturated carbocycles. The average Bonchev–Trinajstić information content (AvgIpc) is 3.39. The van der Waals surface area contributed by atoms with Gasteiger partial charge in [0, 0.05) is 51.2 Å². The molecule has 4 heterocycles. The van der Waals surface area contributed by atoms with Gasteiger partial charge in [0.05, 0.1) is 6.54 Å². The van der Waals surface area contributed by atoms with Crippen molar-refractivity contribution in [3.8, 4) is 5.82 Å². The van der Waals surface area contributed by atoms with Gasteiger partial charge in [0.25, 0.3) is 11.5 Å². The zero-order valence-electron chi connectivity index (χ0n) is 15.1. The van der Waals surface area contributed by atoms with Crippen molar-refractivity contribution in [3.05, 3.63) is 63.5 Å². The third kappa shape index (κ3) is 4.07. The van der Waals surface area contributed by atoms with E-state index in [1.165, 1.54) is 10.7 Å². The fraction of sp³-hybridized carbons (Fsp3) is 0.333. The number of halogens is 1. The molecule has 0 atom stereocenters. The van der Waals surface area contributed by atoms with Gasteiger partial charge in [-0.15, -0.1) is 5.10 Å². The van der Waals surface area contributed by atoms with E-state index in [1.807, 2.05) is 0 Å². The molecule has 1 aliphatic rings. The number of furan rings is 1. The van der Waals surface area contributed by atoms with Gasteiger partial charge >= 0.3 is 0 Å². The molecule has 1 amide bonds. The summed E-state index contributed by atoms with van der Waals surface area (Å²) < 4.78 is 8.96. The number of aromatic nitrogens is 4. The Labute approximate surface area is 169 Å². The molecule has 1 aliphatic heterocycles. The van der Waals surface area contributed by atoms with Crippen LogP contribution in [-0.4, -0.2) is 68.0 Å². The van der Waals surface area contributed by atoms with Crippen LogP contribution in [0.15, 0.2) is 56.6 Å². The molecule has 146 valence electrons. The van der Waals surface area contributed by atoms with E-state index in [4.69, 9.17) is 4.42 Å². The molecule has 3 aromatic rings. The summed E-state index contributed by atoms with van der Waals surface area (Å²) in [5.74, 6) is 0.839. The van der Waals surface area contributed by atoms with Crippen LogP contribution in [0.3, 0.4) is 0 Å². The fourth-order valence-corrected chi connectivity index (χ4v) is 3.43. The van der Waals surface area contributed by atoms with E-state index < -0.39 is 0 Å². The molecule has 28 heavy (non-hydrogen) atoms. The number of nitrogens with zero attached hydrogens (tertiary/aromatic N) is 6. The molecule has 1 fully saturated rings. The van der Waals surface area contributed by atoms with Crippen LogP contribution in [0.1, 0.15) is 10.6 Å². The van der Waals surface area contributed by atoms with E-state index in [-0.39, 0.29) is 11.5 Å². The van der Waals surface area contributed by atoms with E-state index in [2.05, 4.69) is 31.0 Å². The summed E-state index contributed by atoms with van der Waals surface area (Å²) in [6.07, 6.45) is 3.45. The average molecular weight is 447 g/mol. The first-order valence-corrected chi connectivity index (χ1v) is 9.74. The third-order valence-corrected chi connectivity index (χ3v) is 5.09. The van der Waals surface area contributed by atoms with E-state index in [0.29, 0.717) is 42.4 Å². The molecule has 9 nitrogen and oxygen atoms in total. The van der Waals surface area contributed by atoms with E-state index in [0.717, 1.165) is 13.1 Å². The first kappa shape index (κ1) is 18.6. The first-order valence-electron chi connectivity index (χ1n) is 8.95. The third-order valence-electron chi connectivity index (χ3n) is 4.66. The van der Waals surface area contributed by atoms with Crippen molar-refractivity contribution in [2.45, 2.75) is 6.54 Å². The van der Waals surface area contributed by atoms with Crippen LogP contribution in [0.2, 0.25) is 0 Å². The van der Waals surface area contributed by atoms with Crippen LogP contribution in [0.25, 0.3) is 5.82 Å². The highest BCUT2D eigenvalue weighted by molar-refractivity contribution is 9.10. The molecule has 0 aromatic carbocycles. The lowest BCUT2D eigenvalue weighted by Gasteiger charge is -2.34. The highest BCUT2D eigenvalue weighted by atomic mass is 79.9. The smallest absolute Gasteiger partial charge is 0.289 e. The number of hydrogen-bond donors (Lipinski definition) is 0. The molecule has 1 saturated heterocycles. The van der Waals surface area contributed by atoms with Crippen LogP contribution in [-0.2, 0) is 6.54 Å². The molecule has 0 spiro atoms. The van der Waals surface area contributed by atoms with Gasteiger partial charge in [-0.3, -0.25) is 14.5 Å². The van der Waals surface area contributed by atoms with Gasteiger partial charge in [0.1, 0.15) is 0 Å². The fourth-order valence-electron chi connectivity index (χ4n) is 3.12. The zero-order valence-corrected chi connectivity index (χ0v) is 16.7. The second kappa shape index (κ2) is 8.11. The summed E-state index contributed by atoms with van der Waals surface area (Å²) in [7, 11) is 0. The standard InChI is InChI=1S/C18H19BrN6O3/c19-15-3-2-14(28-15)18(27)23-11-8-22(9-12-23)10-13-25-17(26)5-4-16(21-25)24-7-1-6-20-24/h1-7H,8-13H2. The molecular formula is C18H19BrN6O3. The number of carbonyl (C=O) groups excluding carboxylic acids is 1. The van der Waals surface area contributed by atoms with Crippen molar-refractivity contribution < 1.29 is 9.21 Å². The Morgan fingerprint density at radius 1 is 1.11 bits per heavy atom. The Kier molecular flexibility index (Phi) is 5.40. The number of carbonyl (C=O) groups is 1. The predicted octanol–water partition coefficient (Wildman–Crippen LogP) is 1.24. The lowest BCUT2D eigenvalue weighted by molar-refractivity contribution is 0.0599. The summed E-state index contributed by atoms with van der Waals surface area (Å²) in [6.45, 7) is 3.87.